The maximum atomic E-state index is 12.9. The van der Waals surface area contributed by atoms with Gasteiger partial charge in [-0.05, 0) is 44.3 Å². The fraction of sp³-hybridized carbons (Fsp3) is 0.409. The molecule has 1 atom stereocenters. The molecule has 0 spiro atoms. The van der Waals surface area contributed by atoms with Crippen LogP contribution in [0, 0.1) is 0 Å². The summed E-state index contributed by atoms with van der Waals surface area (Å²) in [6.45, 7) is -0.0119. The van der Waals surface area contributed by atoms with Crippen LogP contribution in [0.2, 0.25) is 0 Å². The second kappa shape index (κ2) is 8.76. The molecule has 0 N–H and O–H groups in total. The van der Waals surface area contributed by atoms with Gasteiger partial charge >= 0.3 is 5.97 Å². The lowest BCUT2D eigenvalue weighted by Crippen LogP contribution is -2.50. The van der Waals surface area contributed by atoms with Gasteiger partial charge in [0.25, 0.3) is 0 Å². The molecule has 3 rings (SSSR count). The summed E-state index contributed by atoms with van der Waals surface area (Å²) >= 11 is 0. The van der Waals surface area contributed by atoms with Crippen molar-refractivity contribution in [2.24, 2.45) is 0 Å². The minimum absolute atomic E-state index is 0.0119. The minimum atomic E-state index is -3.38. The molecule has 2 aromatic carbocycles. The molecule has 0 aromatic heterocycles. The summed E-state index contributed by atoms with van der Waals surface area (Å²) in [6, 6.07) is 9.90. The summed E-state index contributed by atoms with van der Waals surface area (Å²) < 4.78 is 46.8. The van der Waals surface area contributed by atoms with E-state index in [4.69, 9.17) is 18.9 Å². The number of ether oxygens (including phenoxy) is 4. The predicted molar refractivity (Wildman–Crippen MR) is 115 cm³/mol. The van der Waals surface area contributed by atoms with Crippen LogP contribution in [-0.4, -0.2) is 67.1 Å². The number of hydrogen-bond acceptors (Lipinski definition) is 8. The number of rotatable bonds is 7. The van der Waals surface area contributed by atoms with Crippen molar-refractivity contribution >= 4 is 15.8 Å². The summed E-state index contributed by atoms with van der Waals surface area (Å²) in [7, 11) is 4.73. The fourth-order valence-electron chi connectivity index (χ4n) is 3.88. The number of hydrogen-bond donors (Lipinski definition) is 0. The highest BCUT2D eigenvalue weighted by Gasteiger charge is 2.44. The lowest BCUT2D eigenvalue weighted by molar-refractivity contribution is 0.0104. The molecule has 0 bridgehead atoms. The van der Waals surface area contributed by atoms with Crippen LogP contribution in [0.3, 0.4) is 0 Å². The number of nitrogens with zero attached hydrogens (tertiary/aromatic N) is 1. The maximum Gasteiger partial charge on any atom is 0.338 e. The number of carbonyl (C=O) groups is 1. The number of likely N-dealkylation sites (N-methyl/N-ethyl adjacent to an activating group) is 1. The molecule has 31 heavy (non-hydrogen) atoms. The highest BCUT2D eigenvalue weighted by molar-refractivity contribution is 7.91. The van der Waals surface area contributed by atoms with E-state index >= 15 is 0 Å². The van der Waals surface area contributed by atoms with Crippen molar-refractivity contribution < 1.29 is 32.2 Å². The van der Waals surface area contributed by atoms with Gasteiger partial charge in [-0.3, -0.25) is 4.90 Å². The molecule has 1 aliphatic heterocycles. The molecule has 8 nitrogen and oxygen atoms in total. The number of sulfone groups is 1. The summed E-state index contributed by atoms with van der Waals surface area (Å²) in [6.07, 6.45) is 0.307. The van der Waals surface area contributed by atoms with Gasteiger partial charge in [0.1, 0.15) is 6.61 Å². The first-order valence-electron chi connectivity index (χ1n) is 9.67. The van der Waals surface area contributed by atoms with Gasteiger partial charge in [0.05, 0.1) is 43.1 Å². The van der Waals surface area contributed by atoms with Crippen molar-refractivity contribution in [1.82, 2.24) is 4.90 Å². The van der Waals surface area contributed by atoms with Crippen molar-refractivity contribution in [2.45, 2.75) is 16.9 Å². The fourth-order valence-corrected chi connectivity index (χ4v) is 5.59. The van der Waals surface area contributed by atoms with E-state index in [-0.39, 0.29) is 22.8 Å². The molecule has 2 aromatic rings. The van der Waals surface area contributed by atoms with Crippen molar-refractivity contribution in [1.29, 1.82) is 0 Å². The Morgan fingerprint density at radius 3 is 2.19 bits per heavy atom. The first-order chi connectivity index (χ1) is 14.7. The van der Waals surface area contributed by atoms with Crippen molar-refractivity contribution in [2.75, 3.05) is 47.8 Å². The van der Waals surface area contributed by atoms with Crippen molar-refractivity contribution in [3.05, 3.63) is 47.5 Å². The van der Waals surface area contributed by atoms with Gasteiger partial charge in [0.2, 0.25) is 5.75 Å². The van der Waals surface area contributed by atoms with Crippen LogP contribution in [0.4, 0.5) is 0 Å². The number of fused-ring (bicyclic) bond motifs is 1. The molecule has 0 saturated carbocycles. The van der Waals surface area contributed by atoms with Gasteiger partial charge in [0, 0.05) is 0 Å². The summed E-state index contributed by atoms with van der Waals surface area (Å²) in [5.41, 5.74) is 0.0992. The molecule has 0 aliphatic carbocycles. The van der Waals surface area contributed by atoms with Crippen LogP contribution in [0.15, 0.2) is 41.3 Å². The molecule has 1 heterocycles. The Kier molecular flexibility index (Phi) is 6.47. The average molecular weight is 450 g/mol. The monoisotopic (exact) mass is 449 g/mol. The number of benzene rings is 2. The topological polar surface area (TPSA) is 91.4 Å². The zero-order valence-corrected chi connectivity index (χ0v) is 19.1. The van der Waals surface area contributed by atoms with E-state index in [9.17, 15) is 13.2 Å². The first-order valence-corrected chi connectivity index (χ1v) is 11.3. The Morgan fingerprint density at radius 2 is 1.65 bits per heavy atom. The zero-order valence-electron chi connectivity index (χ0n) is 18.3. The molecule has 1 unspecified atom stereocenters. The Balaban J connectivity index is 1.95. The quantitative estimate of drug-likeness (QED) is 0.596. The van der Waals surface area contributed by atoms with E-state index in [1.807, 2.05) is 19.0 Å². The zero-order chi connectivity index (χ0) is 22.8. The van der Waals surface area contributed by atoms with Crippen LogP contribution in [-0.2, 0) is 20.1 Å². The van der Waals surface area contributed by atoms with Gasteiger partial charge in [-0.1, -0.05) is 18.2 Å². The van der Waals surface area contributed by atoms with Gasteiger partial charge < -0.3 is 18.9 Å². The number of methoxy groups -OCH3 is 3. The van der Waals surface area contributed by atoms with Crippen LogP contribution in [0.5, 0.6) is 17.2 Å². The molecular formula is C22H27NO7S. The summed E-state index contributed by atoms with van der Waals surface area (Å²) in [5.74, 6) is 0.448. The minimum Gasteiger partial charge on any atom is -0.493 e. The van der Waals surface area contributed by atoms with E-state index in [0.717, 1.165) is 0 Å². The third-order valence-electron chi connectivity index (χ3n) is 5.71. The number of carbonyl (C=O) groups excluding carboxylic acids is 1. The molecule has 1 aliphatic rings. The maximum absolute atomic E-state index is 12.9. The molecule has 0 radical (unpaired) electrons. The largest absolute Gasteiger partial charge is 0.493 e. The van der Waals surface area contributed by atoms with Gasteiger partial charge in [-0.2, -0.15) is 0 Å². The van der Waals surface area contributed by atoms with Crippen molar-refractivity contribution in [3.8, 4) is 17.2 Å². The Morgan fingerprint density at radius 1 is 1.03 bits per heavy atom. The highest BCUT2D eigenvalue weighted by atomic mass is 32.2. The average Bonchev–Trinajstić information content (AvgIpc) is 2.77. The van der Waals surface area contributed by atoms with Crippen LogP contribution in [0.1, 0.15) is 22.3 Å². The predicted octanol–water partition coefficient (Wildman–Crippen LogP) is 2.50. The van der Waals surface area contributed by atoms with E-state index in [1.165, 1.54) is 33.5 Å². The van der Waals surface area contributed by atoms with E-state index in [0.29, 0.717) is 29.2 Å². The molecule has 0 saturated heterocycles. The molecule has 0 fully saturated rings. The van der Waals surface area contributed by atoms with Crippen molar-refractivity contribution in [3.63, 3.8) is 0 Å². The lowest BCUT2D eigenvalue weighted by atomic mass is 9.86. The normalized spacial score (nSPS) is 19.4. The third-order valence-corrected chi connectivity index (χ3v) is 7.47. The Hall–Kier alpha value is -2.78. The van der Waals surface area contributed by atoms with Gasteiger partial charge in [0.15, 0.2) is 21.3 Å². The number of esters is 1. The Bertz CT molecular complexity index is 1060. The Labute approximate surface area is 182 Å². The molecule has 168 valence electrons. The first kappa shape index (κ1) is 22.9. The van der Waals surface area contributed by atoms with Crippen LogP contribution < -0.4 is 14.2 Å². The lowest BCUT2D eigenvalue weighted by Gasteiger charge is -2.43. The van der Waals surface area contributed by atoms with E-state index in [2.05, 4.69) is 0 Å². The molecule has 0 amide bonds. The second-order valence-corrected chi connectivity index (χ2v) is 9.56. The van der Waals surface area contributed by atoms with E-state index < -0.39 is 21.3 Å². The summed E-state index contributed by atoms with van der Waals surface area (Å²) in [4.78, 5) is 15.1. The second-order valence-electron chi connectivity index (χ2n) is 7.48. The summed E-state index contributed by atoms with van der Waals surface area (Å²) in [5, 5.41) is 0. The van der Waals surface area contributed by atoms with Gasteiger partial charge in [-0.25, -0.2) is 13.2 Å². The molecule has 9 heteroatoms. The third kappa shape index (κ3) is 4.07. The smallest absolute Gasteiger partial charge is 0.338 e. The van der Waals surface area contributed by atoms with Crippen LogP contribution in [0.25, 0.3) is 0 Å². The molecular weight excluding hydrogens is 422 g/mol. The SMILES string of the molecule is COc1cc(C(=O)OCC2(N(C)C)CCS(=O)(=O)c3ccccc32)cc(OC)c1OC. The van der Waals surface area contributed by atoms with Crippen LogP contribution >= 0.6 is 0 Å². The highest BCUT2D eigenvalue weighted by Crippen LogP contribution is 2.41. The van der Waals surface area contributed by atoms with E-state index in [1.54, 1.807) is 24.3 Å². The van der Waals surface area contributed by atoms with Gasteiger partial charge in [-0.15, -0.1) is 0 Å². The standard InChI is InChI=1S/C22H27NO7S/c1-23(2)22(10-11-31(25,26)19-9-7-6-8-16(19)22)14-30-21(24)15-12-17(27-3)20(29-5)18(13-15)28-4/h6-9,12-13H,10-11,14H2,1-5H3.